The van der Waals surface area contributed by atoms with E-state index in [1.54, 1.807) is 6.92 Å². The molecule has 0 aliphatic carbocycles. The molecule has 6 heteroatoms. The van der Waals surface area contributed by atoms with Gasteiger partial charge in [-0.3, -0.25) is 10.1 Å². The molecule has 1 aromatic carbocycles. The van der Waals surface area contributed by atoms with Crippen molar-refractivity contribution in [3.05, 3.63) is 33.9 Å². The molecule has 1 aromatic rings. The van der Waals surface area contributed by atoms with Crippen LogP contribution in [0.1, 0.15) is 12.0 Å². The molecule has 0 saturated carbocycles. The number of carboxylic acids is 1. The van der Waals surface area contributed by atoms with Gasteiger partial charge in [-0.15, -0.1) is 12.3 Å². The number of rotatable bonds is 5. The van der Waals surface area contributed by atoms with Crippen molar-refractivity contribution in [2.75, 3.05) is 5.32 Å². The molecule has 1 atom stereocenters. The zero-order valence-corrected chi connectivity index (χ0v) is 9.71. The number of benzene rings is 1. The molecule has 0 amide bonds. The Kier molecular flexibility index (Phi) is 4.27. The van der Waals surface area contributed by atoms with Crippen LogP contribution < -0.4 is 5.32 Å². The molecule has 0 heterocycles. The molecule has 0 radical (unpaired) electrons. The molecule has 1 unspecified atom stereocenters. The van der Waals surface area contributed by atoms with E-state index >= 15 is 0 Å². The van der Waals surface area contributed by atoms with Crippen molar-refractivity contribution in [1.29, 1.82) is 0 Å². The molecule has 0 saturated heterocycles. The highest BCUT2D eigenvalue weighted by atomic mass is 16.6. The number of carbonyl (C=O) groups is 1. The molecule has 18 heavy (non-hydrogen) atoms. The van der Waals surface area contributed by atoms with E-state index in [2.05, 4.69) is 11.2 Å². The summed E-state index contributed by atoms with van der Waals surface area (Å²) in [4.78, 5) is 21.0. The minimum absolute atomic E-state index is 0.0335. The molecule has 94 valence electrons. The van der Waals surface area contributed by atoms with Crippen molar-refractivity contribution >= 4 is 17.3 Å². The number of nitrogens with one attached hydrogen (secondary N) is 1. The third-order valence-corrected chi connectivity index (χ3v) is 2.37. The standard InChI is InChI=1S/C12H12N2O4/c1-3-4-11(12(15)16)13-10-6-5-9(14(17)18)7-8(10)2/h1,5-7,11,13H,4H2,2H3,(H,15,16). The topological polar surface area (TPSA) is 92.5 Å². The number of nitro benzene ring substituents is 1. The van der Waals surface area contributed by atoms with Crippen molar-refractivity contribution in [3.8, 4) is 12.3 Å². The molecule has 0 fully saturated rings. The van der Waals surface area contributed by atoms with Crippen LogP contribution in [-0.4, -0.2) is 22.0 Å². The van der Waals surface area contributed by atoms with Crippen LogP contribution in [0.5, 0.6) is 0 Å². The highest BCUT2D eigenvalue weighted by molar-refractivity contribution is 5.78. The van der Waals surface area contributed by atoms with Crippen LogP contribution in [0, 0.1) is 29.4 Å². The van der Waals surface area contributed by atoms with Crippen LogP contribution >= 0.6 is 0 Å². The van der Waals surface area contributed by atoms with E-state index in [0.29, 0.717) is 11.3 Å². The summed E-state index contributed by atoms with van der Waals surface area (Å²) in [5.41, 5.74) is 1.07. The Morgan fingerprint density at radius 1 is 1.67 bits per heavy atom. The van der Waals surface area contributed by atoms with Crippen molar-refractivity contribution in [2.45, 2.75) is 19.4 Å². The first-order chi connectivity index (χ1) is 8.45. The first kappa shape index (κ1) is 13.5. The third-order valence-electron chi connectivity index (χ3n) is 2.37. The van der Waals surface area contributed by atoms with Gasteiger partial charge in [0, 0.05) is 24.2 Å². The summed E-state index contributed by atoms with van der Waals surface area (Å²) in [6.45, 7) is 1.66. The number of hydrogen-bond donors (Lipinski definition) is 2. The van der Waals surface area contributed by atoms with Gasteiger partial charge >= 0.3 is 5.97 Å². The molecule has 0 aliphatic heterocycles. The number of terminal acetylenes is 1. The van der Waals surface area contributed by atoms with Crippen molar-refractivity contribution in [3.63, 3.8) is 0 Å². The fourth-order valence-corrected chi connectivity index (χ4v) is 1.43. The largest absolute Gasteiger partial charge is 0.480 e. The van der Waals surface area contributed by atoms with Gasteiger partial charge in [-0.1, -0.05) is 0 Å². The van der Waals surface area contributed by atoms with Crippen molar-refractivity contribution in [1.82, 2.24) is 0 Å². The predicted octanol–water partition coefficient (Wildman–Crippen LogP) is 1.79. The van der Waals surface area contributed by atoms with E-state index in [9.17, 15) is 14.9 Å². The molecule has 2 N–H and O–H groups in total. The number of aryl methyl sites for hydroxylation is 1. The Bertz CT molecular complexity index is 519. The Morgan fingerprint density at radius 3 is 2.78 bits per heavy atom. The van der Waals surface area contributed by atoms with Crippen molar-refractivity contribution in [2.24, 2.45) is 0 Å². The first-order valence-electron chi connectivity index (χ1n) is 5.13. The van der Waals surface area contributed by atoms with E-state index in [1.165, 1.54) is 18.2 Å². The SMILES string of the molecule is C#CCC(Nc1ccc([N+](=O)[O-])cc1C)C(=O)O. The zero-order valence-electron chi connectivity index (χ0n) is 9.71. The Labute approximate surface area is 104 Å². The molecule has 6 nitrogen and oxygen atoms in total. The van der Waals surface area contributed by atoms with Gasteiger partial charge in [0.15, 0.2) is 0 Å². The molecule has 0 bridgehead atoms. The highest BCUT2D eigenvalue weighted by Gasteiger charge is 2.17. The average molecular weight is 248 g/mol. The van der Waals surface area contributed by atoms with Gasteiger partial charge in [0.25, 0.3) is 5.69 Å². The van der Waals surface area contributed by atoms with Crippen LogP contribution in [-0.2, 0) is 4.79 Å². The lowest BCUT2D eigenvalue weighted by atomic mass is 10.1. The van der Waals surface area contributed by atoms with E-state index in [1.807, 2.05) is 0 Å². The highest BCUT2D eigenvalue weighted by Crippen LogP contribution is 2.22. The Hall–Kier alpha value is -2.55. The maximum atomic E-state index is 10.9. The molecule has 0 aromatic heterocycles. The fourth-order valence-electron chi connectivity index (χ4n) is 1.43. The van der Waals surface area contributed by atoms with E-state index in [4.69, 9.17) is 11.5 Å². The number of anilines is 1. The Morgan fingerprint density at radius 2 is 2.33 bits per heavy atom. The molecule has 0 spiro atoms. The van der Waals surface area contributed by atoms with Gasteiger partial charge in [-0.2, -0.15) is 0 Å². The van der Waals surface area contributed by atoms with Gasteiger partial charge in [-0.25, -0.2) is 4.79 Å². The predicted molar refractivity (Wildman–Crippen MR) is 66.3 cm³/mol. The van der Waals surface area contributed by atoms with Crippen LogP contribution in [0.15, 0.2) is 18.2 Å². The molecular formula is C12H12N2O4. The van der Waals surface area contributed by atoms with Crippen LogP contribution in [0.25, 0.3) is 0 Å². The average Bonchev–Trinajstić information content (AvgIpc) is 2.30. The quantitative estimate of drug-likeness (QED) is 0.471. The van der Waals surface area contributed by atoms with Crippen LogP contribution in [0.3, 0.4) is 0 Å². The number of nitrogens with zero attached hydrogens (tertiary/aromatic N) is 1. The van der Waals surface area contributed by atoms with Gasteiger partial charge in [0.1, 0.15) is 6.04 Å². The number of hydrogen-bond acceptors (Lipinski definition) is 4. The number of aliphatic carboxylic acids is 1. The lowest BCUT2D eigenvalue weighted by molar-refractivity contribution is -0.384. The summed E-state index contributed by atoms with van der Waals surface area (Å²) < 4.78 is 0. The maximum Gasteiger partial charge on any atom is 0.327 e. The zero-order chi connectivity index (χ0) is 13.7. The van der Waals surface area contributed by atoms with E-state index in [0.717, 1.165) is 0 Å². The second-order valence-electron chi connectivity index (χ2n) is 3.70. The summed E-state index contributed by atoms with van der Waals surface area (Å²) in [6, 6.07) is 3.25. The minimum atomic E-state index is -1.06. The van der Waals surface area contributed by atoms with Crippen LogP contribution in [0.2, 0.25) is 0 Å². The fraction of sp³-hybridized carbons (Fsp3) is 0.250. The first-order valence-corrected chi connectivity index (χ1v) is 5.13. The number of nitro groups is 1. The number of non-ortho nitro benzene ring substituents is 1. The second kappa shape index (κ2) is 5.68. The van der Waals surface area contributed by atoms with E-state index < -0.39 is 16.9 Å². The summed E-state index contributed by atoms with van der Waals surface area (Å²) >= 11 is 0. The lowest BCUT2D eigenvalue weighted by Gasteiger charge is -2.14. The second-order valence-corrected chi connectivity index (χ2v) is 3.70. The lowest BCUT2D eigenvalue weighted by Crippen LogP contribution is -2.29. The van der Waals surface area contributed by atoms with Gasteiger partial charge in [0.05, 0.1) is 4.92 Å². The molecule has 0 aliphatic rings. The minimum Gasteiger partial charge on any atom is -0.480 e. The van der Waals surface area contributed by atoms with Gasteiger partial charge < -0.3 is 10.4 Å². The van der Waals surface area contributed by atoms with Crippen LogP contribution in [0.4, 0.5) is 11.4 Å². The molecular weight excluding hydrogens is 236 g/mol. The van der Waals surface area contributed by atoms with Gasteiger partial charge in [-0.05, 0) is 18.6 Å². The van der Waals surface area contributed by atoms with E-state index in [-0.39, 0.29) is 12.1 Å². The third kappa shape index (κ3) is 3.22. The maximum absolute atomic E-state index is 10.9. The molecule has 1 rings (SSSR count). The smallest absolute Gasteiger partial charge is 0.327 e. The van der Waals surface area contributed by atoms with Crippen molar-refractivity contribution < 1.29 is 14.8 Å². The summed E-state index contributed by atoms with van der Waals surface area (Å²) in [5.74, 6) is 1.20. The summed E-state index contributed by atoms with van der Waals surface area (Å²) in [7, 11) is 0. The Balaban J connectivity index is 2.94. The summed E-state index contributed by atoms with van der Waals surface area (Å²) in [5, 5.41) is 22.2. The van der Waals surface area contributed by atoms with Gasteiger partial charge in [0.2, 0.25) is 0 Å². The normalized spacial score (nSPS) is 11.3. The number of carboxylic acid groups (broad SMARTS) is 1. The monoisotopic (exact) mass is 248 g/mol. The summed E-state index contributed by atoms with van der Waals surface area (Å²) in [6.07, 6.45) is 5.11.